The summed E-state index contributed by atoms with van der Waals surface area (Å²) in [5, 5.41) is 5.92. The number of nitrogens with zero attached hydrogens (tertiary/aromatic N) is 1. The summed E-state index contributed by atoms with van der Waals surface area (Å²) in [6, 6.07) is -0.473. The van der Waals surface area contributed by atoms with Crippen molar-refractivity contribution < 1.29 is 4.79 Å². The maximum absolute atomic E-state index is 11.7. The average molecular weight is 255 g/mol. The molecule has 0 aliphatic rings. The predicted molar refractivity (Wildman–Crippen MR) is 71.0 cm³/mol. The largest absolute Gasteiger partial charge is 0.354 e. The van der Waals surface area contributed by atoms with Gasteiger partial charge in [-0.3, -0.25) is 4.79 Å². The van der Waals surface area contributed by atoms with E-state index >= 15 is 0 Å². The molecule has 4 nitrogen and oxygen atoms in total. The minimum Gasteiger partial charge on any atom is -0.354 e. The first-order chi connectivity index (χ1) is 7.80. The molecule has 0 radical (unpaired) electrons. The van der Waals surface area contributed by atoms with Crippen LogP contribution in [0.2, 0.25) is 0 Å². The van der Waals surface area contributed by atoms with Crippen LogP contribution in [0.3, 0.4) is 0 Å². The van der Waals surface area contributed by atoms with Crippen LogP contribution < -0.4 is 11.1 Å². The van der Waals surface area contributed by atoms with Crippen molar-refractivity contribution >= 4 is 17.2 Å². The SMILES string of the molecule is Cc1nc(CCNC(=O)[C@@H](N)C(C)(C)C)cs1. The van der Waals surface area contributed by atoms with Gasteiger partial charge in [0, 0.05) is 18.3 Å². The number of carbonyl (C=O) groups is 1. The van der Waals surface area contributed by atoms with E-state index in [1.807, 2.05) is 33.1 Å². The van der Waals surface area contributed by atoms with Crippen LogP contribution in [0.4, 0.5) is 0 Å². The fourth-order valence-corrected chi connectivity index (χ4v) is 1.99. The molecule has 1 aromatic rings. The van der Waals surface area contributed by atoms with Gasteiger partial charge in [-0.25, -0.2) is 4.98 Å². The molecule has 5 heteroatoms. The number of aromatic nitrogens is 1. The third-order valence-electron chi connectivity index (χ3n) is 2.56. The Labute approximate surface area is 107 Å². The highest BCUT2D eigenvalue weighted by molar-refractivity contribution is 7.09. The number of amides is 1. The van der Waals surface area contributed by atoms with E-state index in [0.717, 1.165) is 17.1 Å². The molecule has 17 heavy (non-hydrogen) atoms. The molecule has 0 aromatic carbocycles. The highest BCUT2D eigenvalue weighted by Crippen LogP contribution is 2.17. The number of nitrogens with two attached hydrogens (primary N) is 1. The van der Waals surface area contributed by atoms with Crippen LogP contribution in [0.5, 0.6) is 0 Å². The van der Waals surface area contributed by atoms with Gasteiger partial charge < -0.3 is 11.1 Å². The Hall–Kier alpha value is -0.940. The van der Waals surface area contributed by atoms with Crippen molar-refractivity contribution in [1.82, 2.24) is 10.3 Å². The summed E-state index contributed by atoms with van der Waals surface area (Å²) >= 11 is 1.63. The van der Waals surface area contributed by atoms with Crippen molar-refractivity contribution in [2.75, 3.05) is 6.54 Å². The maximum Gasteiger partial charge on any atom is 0.237 e. The van der Waals surface area contributed by atoms with E-state index in [0.29, 0.717) is 6.54 Å². The lowest BCUT2D eigenvalue weighted by Gasteiger charge is -2.25. The standard InChI is InChI=1S/C12H21N3OS/c1-8-15-9(7-17-8)5-6-14-11(16)10(13)12(2,3)4/h7,10H,5-6,13H2,1-4H3,(H,14,16)/t10-/m1/s1. The first-order valence-corrected chi connectivity index (χ1v) is 6.63. The molecule has 0 spiro atoms. The van der Waals surface area contributed by atoms with Crippen molar-refractivity contribution in [3.8, 4) is 0 Å². The third kappa shape index (κ3) is 4.44. The number of hydrogen-bond donors (Lipinski definition) is 2. The number of nitrogens with one attached hydrogen (secondary N) is 1. The van der Waals surface area contributed by atoms with Crippen LogP contribution in [0.1, 0.15) is 31.5 Å². The molecule has 0 aliphatic heterocycles. The summed E-state index contributed by atoms with van der Waals surface area (Å²) < 4.78 is 0. The van der Waals surface area contributed by atoms with E-state index in [9.17, 15) is 4.79 Å². The zero-order valence-electron chi connectivity index (χ0n) is 10.9. The molecule has 96 valence electrons. The summed E-state index contributed by atoms with van der Waals surface area (Å²) in [7, 11) is 0. The lowest BCUT2D eigenvalue weighted by atomic mass is 9.87. The normalized spacial score (nSPS) is 13.5. The Kier molecular flexibility index (Phi) is 4.65. The molecular formula is C12H21N3OS. The van der Waals surface area contributed by atoms with Crippen molar-refractivity contribution in [2.45, 2.75) is 40.2 Å². The second kappa shape index (κ2) is 5.60. The molecule has 1 atom stereocenters. The van der Waals surface area contributed by atoms with Gasteiger partial charge in [0.05, 0.1) is 16.7 Å². The lowest BCUT2D eigenvalue weighted by molar-refractivity contribution is -0.124. The summed E-state index contributed by atoms with van der Waals surface area (Å²) in [4.78, 5) is 16.1. The van der Waals surface area contributed by atoms with Crippen molar-refractivity contribution in [3.05, 3.63) is 16.1 Å². The number of rotatable bonds is 4. The van der Waals surface area contributed by atoms with Gasteiger partial charge in [-0.1, -0.05) is 20.8 Å². The van der Waals surface area contributed by atoms with Gasteiger partial charge in [0.15, 0.2) is 0 Å². The maximum atomic E-state index is 11.7. The highest BCUT2D eigenvalue weighted by Gasteiger charge is 2.26. The number of aryl methyl sites for hydroxylation is 1. The Balaban J connectivity index is 2.34. The van der Waals surface area contributed by atoms with Gasteiger partial charge in [0.25, 0.3) is 0 Å². The average Bonchev–Trinajstić information content (AvgIpc) is 2.61. The zero-order valence-corrected chi connectivity index (χ0v) is 11.7. The highest BCUT2D eigenvalue weighted by atomic mass is 32.1. The van der Waals surface area contributed by atoms with Crippen LogP contribution in [-0.4, -0.2) is 23.5 Å². The summed E-state index contributed by atoms with van der Waals surface area (Å²) in [5.41, 5.74) is 6.67. The summed E-state index contributed by atoms with van der Waals surface area (Å²) in [5.74, 6) is -0.0931. The minimum atomic E-state index is -0.473. The van der Waals surface area contributed by atoms with Gasteiger partial charge in [-0.05, 0) is 12.3 Å². The second-order valence-corrected chi connectivity index (χ2v) is 6.30. The molecular weight excluding hydrogens is 234 g/mol. The Morgan fingerprint density at radius 2 is 2.24 bits per heavy atom. The molecule has 1 amide bonds. The van der Waals surface area contributed by atoms with Gasteiger partial charge in [0.2, 0.25) is 5.91 Å². The topological polar surface area (TPSA) is 68.0 Å². The van der Waals surface area contributed by atoms with E-state index in [1.54, 1.807) is 11.3 Å². The van der Waals surface area contributed by atoms with E-state index < -0.39 is 6.04 Å². The fraction of sp³-hybridized carbons (Fsp3) is 0.667. The Bertz CT molecular complexity index is 381. The number of hydrogen-bond acceptors (Lipinski definition) is 4. The molecule has 3 N–H and O–H groups in total. The molecule has 0 fully saturated rings. The van der Waals surface area contributed by atoms with Crippen LogP contribution >= 0.6 is 11.3 Å². The van der Waals surface area contributed by atoms with E-state index in [2.05, 4.69) is 10.3 Å². The zero-order chi connectivity index (χ0) is 13.1. The molecule has 0 unspecified atom stereocenters. The molecule has 0 aliphatic carbocycles. The number of carbonyl (C=O) groups excluding carboxylic acids is 1. The van der Waals surface area contributed by atoms with Crippen molar-refractivity contribution in [3.63, 3.8) is 0 Å². The third-order valence-corrected chi connectivity index (χ3v) is 3.38. The monoisotopic (exact) mass is 255 g/mol. The molecule has 0 saturated heterocycles. The first-order valence-electron chi connectivity index (χ1n) is 5.75. The van der Waals surface area contributed by atoms with Gasteiger partial charge in [0.1, 0.15) is 0 Å². The molecule has 0 saturated carbocycles. The van der Waals surface area contributed by atoms with Crippen LogP contribution in [0.25, 0.3) is 0 Å². The molecule has 0 bridgehead atoms. The number of thiazole rings is 1. The van der Waals surface area contributed by atoms with Crippen molar-refractivity contribution in [2.24, 2.45) is 11.1 Å². The van der Waals surface area contributed by atoms with Crippen LogP contribution in [-0.2, 0) is 11.2 Å². The minimum absolute atomic E-state index is 0.0931. The fourth-order valence-electron chi connectivity index (χ4n) is 1.34. The van der Waals surface area contributed by atoms with E-state index in [4.69, 9.17) is 5.73 Å². The molecule has 1 heterocycles. The molecule has 1 aromatic heterocycles. The van der Waals surface area contributed by atoms with Gasteiger partial charge in [-0.15, -0.1) is 11.3 Å². The van der Waals surface area contributed by atoms with Crippen molar-refractivity contribution in [1.29, 1.82) is 0 Å². The van der Waals surface area contributed by atoms with E-state index in [-0.39, 0.29) is 11.3 Å². The van der Waals surface area contributed by atoms with Crippen LogP contribution in [0, 0.1) is 12.3 Å². The quantitative estimate of drug-likeness (QED) is 0.856. The Morgan fingerprint density at radius 1 is 1.59 bits per heavy atom. The van der Waals surface area contributed by atoms with Gasteiger partial charge in [-0.2, -0.15) is 0 Å². The van der Waals surface area contributed by atoms with Gasteiger partial charge >= 0.3 is 0 Å². The first kappa shape index (κ1) is 14.1. The summed E-state index contributed by atoms with van der Waals surface area (Å²) in [6.45, 7) is 8.44. The predicted octanol–water partition coefficient (Wildman–Crippen LogP) is 1.48. The molecule has 1 rings (SSSR count). The Morgan fingerprint density at radius 3 is 2.71 bits per heavy atom. The smallest absolute Gasteiger partial charge is 0.237 e. The second-order valence-electron chi connectivity index (χ2n) is 5.24. The van der Waals surface area contributed by atoms with E-state index in [1.165, 1.54) is 0 Å². The van der Waals surface area contributed by atoms with Crippen LogP contribution in [0.15, 0.2) is 5.38 Å². The lowest BCUT2D eigenvalue weighted by Crippen LogP contribution is -2.49. The summed E-state index contributed by atoms with van der Waals surface area (Å²) in [6.07, 6.45) is 0.757.